The molecule has 1 aliphatic heterocycles. The van der Waals surface area contributed by atoms with Crippen molar-refractivity contribution >= 4 is 50.7 Å². The van der Waals surface area contributed by atoms with E-state index in [1.54, 1.807) is 11.2 Å². The minimum Gasteiger partial charge on any atom is -0.357 e. The zero-order chi connectivity index (χ0) is 20.0. The largest absolute Gasteiger partial charge is 0.357 e. The van der Waals surface area contributed by atoms with Crippen LogP contribution in [0.5, 0.6) is 0 Å². The van der Waals surface area contributed by atoms with Gasteiger partial charge < -0.3 is 10.6 Å². The Labute approximate surface area is 191 Å². The molecule has 0 unspecified atom stereocenters. The van der Waals surface area contributed by atoms with Crippen molar-refractivity contribution in [3.8, 4) is 0 Å². The molecule has 2 aromatic rings. The van der Waals surface area contributed by atoms with Crippen molar-refractivity contribution in [1.82, 2.24) is 14.9 Å². The van der Waals surface area contributed by atoms with Crippen LogP contribution < -0.4 is 10.6 Å². The van der Waals surface area contributed by atoms with Gasteiger partial charge in [0.2, 0.25) is 10.0 Å². The lowest BCUT2D eigenvalue weighted by molar-refractivity contribution is 0.306. The first-order chi connectivity index (χ1) is 13.5. The van der Waals surface area contributed by atoms with Crippen LogP contribution in [0.4, 0.5) is 0 Å². The number of sulfonamides is 1. The summed E-state index contributed by atoms with van der Waals surface area (Å²) in [5.41, 5.74) is 1.19. The average Bonchev–Trinajstić information content (AvgIpc) is 2.72. The number of piperidine rings is 1. The number of aliphatic imine (C=N–C) groups is 1. The second-order valence-corrected chi connectivity index (χ2v) is 9.31. The molecule has 0 atom stereocenters. The number of nitrogens with one attached hydrogen (secondary N) is 2. The van der Waals surface area contributed by atoms with Crippen LogP contribution in [-0.4, -0.2) is 50.1 Å². The molecule has 0 bridgehead atoms. The summed E-state index contributed by atoms with van der Waals surface area (Å²) >= 11 is 0. The molecule has 0 radical (unpaired) electrons. The lowest BCUT2D eigenvalue weighted by Gasteiger charge is -2.32. The molecule has 2 aromatic carbocycles. The van der Waals surface area contributed by atoms with Gasteiger partial charge in [0.25, 0.3) is 0 Å². The van der Waals surface area contributed by atoms with Crippen LogP contribution in [0.15, 0.2) is 47.5 Å². The Morgan fingerprint density at radius 2 is 1.79 bits per heavy atom. The molecule has 0 saturated carbocycles. The van der Waals surface area contributed by atoms with E-state index in [1.807, 2.05) is 13.0 Å². The zero-order valence-electron chi connectivity index (χ0n) is 17.1. The quantitative estimate of drug-likeness (QED) is 0.342. The van der Waals surface area contributed by atoms with E-state index < -0.39 is 10.0 Å². The molecular formula is C21H31IN4O2S. The highest BCUT2D eigenvalue weighted by molar-refractivity contribution is 14.0. The summed E-state index contributed by atoms with van der Waals surface area (Å²) in [6, 6.07) is 14.9. The minimum absolute atomic E-state index is 0. The van der Waals surface area contributed by atoms with Gasteiger partial charge in [0.15, 0.2) is 5.96 Å². The molecule has 0 spiro atoms. The highest BCUT2D eigenvalue weighted by atomic mass is 127. The smallest absolute Gasteiger partial charge is 0.213 e. The van der Waals surface area contributed by atoms with E-state index in [-0.39, 0.29) is 35.8 Å². The van der Waals surface area contributed by atoms with Crippen molar-refractivity contribution in [2.24, 2.45) is 4.99 Å². The third-order valence-corrected chi connectivity index (χ3v) is 7.07. The monoisotopic (exact) mass is 530 g/mol. The highest BCUT2D eigenvalue weighted by Gasteiger charge is 2.26. The molecule has 0 aromatic heterocycles. The number of fused-ring (bicyclic) bond motifs is 1. The Hall–Kier alpha value is -1.39. The standard InChI is InChI=1S/C21H30N4O2S.HI/c1-3-22-21(24-19-12-14-25(15-13-19)28(26,27)4-2)23-16-18-10-7-9-17-8-5-6-11-20(17)18;/h5-11,19H,3-4,12-16H2,1-2H3,(H2,22,23,24);1H. The highest BCUT2D eigenvalue weighted by Crippen LogP contribution is 2.19. The number of hydrogen-bond acceptors (Lipinski definition) is 3. The number of guanidine groups is 1. The van der Waals surface area contributed by atoms with E-state index in [1.165, 1.54) is 16.3 Å². The fourth-order valence-electron chi connectivity index (χ4n) is 3.57. The van der Waals surface area contributed by atoms with Gasteiger partial charge in [-0.25, -0.2) is 17.7 Å². The van der Waals surface area contributed by atoms with Crippen molar-refractivity contribution in [2.75, 3.05) is 25.4 Å². The molecule has 2 N–H and O–H groups in total. The van der Waals surface area contributed by atoms with Gasteiger partial charge in [-0.15, -0.1) is 24.0 Å². The van der Waals surface area contributed by atoms with E-state index in [2.05, 4.69) is 47.0 Å². The molecule has 6 nitrogen and oxygen atoms in total. The van der Waals surface area contributed by atoms with Gasteiger partial charge in [-0.1, -0.05) is 42.5 Å². The molecule has 8 heteroatoms. The average molecular weight is 530 g/mol. The molecule has 1 fully saturated rings. The van der Waals surface area contributed by atoms with Crippen molar-refractivity contribution in [3.05, 3.63) is 48.0 Å². The van der Waals surface area contributed by atoms with Crippen LogP contribution in [0.3, 0.4) is 0 Å². The second-order valence-electron chi connectivity index (χ2n) is 7.05. The lowest BCUT2D eigenvalue weighted by atomic mass is 10.0. The first-order valence-electron chi connectivity index (χ1n) is 10.0. The zero-order valence-corrected chi connectivity index (χ0v) is 20.2. The number of hydrogen-bond donors (Lipinski definition) is 2. The van der Waals surface area contributed by atoms with E-state index in [0.29, 0.717) is 19.6 Å². The predicted octanol–water partition coefficient (Wildman–Crippen LogP) is 3.33. The Morgan fingerprint density at radius 3 is 2.48 bits per heavy atom. The number of rotatable bonds is 6. The van der Waals surface area contributed by atoms with Crippen LogP contribution in [0, 0.1) is 0 Å². The SMILES string of the molecule is CCNC(=NCc1cccc2ccccc12)NC1CCN(S(=O)(=O)CC)CC1.I. The Bertz CT molecular complexity index is 920. The van der Waals surface area contributed by atoms with Crippen molar-refractivity contribution < 1.29 is 8.42 Å². The van der Waals surface area contributed by atoms with Crippen molar-refractivity contribution in [3.63, 3.8) is 0 Å². The normalized spacial score (nSPS) is 16.4. The predicted molar refractivity (Wildman–Crippen MR) is 131 cm³/mol. The maximum absolute atomic E-state index is 12.0. The summed E-state index contributed by atoms with van der Waals surface area (Å²) in [6.07, 6.45) is 1.58. The van der Waals surface area contributed by atoms with Crippen LogP contribution in [-0.2, 0) is 16.6 Å². The van der Waals surface area contributed by atoms with Crippen LogP contribution >= 0.6 is 24.0 Å². The van der Waals surface area contributed by atoms with E-state index in [9.17, 15) is 8.42 Å². The van der Waals surface area contributed by atoms with Crippen molar-refractivity contribution in [1.29, 1.82) is 0 Å². The summed E-state index contributed by atoms with van der Waals surface area (Å²) in [4.78, 5) is 4.77. The fraction of sp³-hybridized carbons (Fsp3) is 0.476. The van der Waals surface area contributed by atoms with Gasteiger partial charge in [-0.3, -0.25) is 0 Å². The maximum Gasteiger partial charge on any atom is 0.213 e. The molecule has 3 rings (SSSR count). The minimum atomic E-state index is -3.09. The van der Waals surface area contributed by atoms with E-state index in [0.717, 1.165) is 25.3 Å². The van der Waals surface area contributed by atoms with Gasteiger partial charge in [0.1, 0.15) is 0 Å². The molecule has 0 aliphatic carbocycles. The van der Waals surface area contributed by atoms with E-state index in [4.69, 9.17) is 4.99 Å². The molecule has 29 heavy (non-hydrogen) atoms. The number of benzene rings is 2. The fourth-order valence-corrected chi connectivity index (χ4v) is 4.70. The van der Waals surface area contributed by atoms with Gasteiger partial charge in [-0.2, -0.15) is 0 Å². The van der Waals surface area contributed by atoms with Crippen LogP contribution in [0.25, 0.3) is 10.8 Å². The lowest BCUT2D eigenvalue weighted by Crippen LogP contribution is -2.50. The van der Waals surface area contributed by atoms with Crippen LogP contribution in [0.1, 0.15) is 32.3 Å². The summed E-state index contributed by atoms with van der Waals surface area (Å²) < 4.78 is 25.6. The van der Waals surface area contributed by atoms with Gasteiger partial charge in [0.05, 0.1) is 12.3 Å². The summed E-state index contributed by atoms with van der Waals surface area (Å²) in [5, 5.41) is 9.24. The van der Waals surface area contributed by atoms with Crippen LogP contribution in [0.2, 0.25) is 0 Å². The summed E-state index contributed by atoms with van der Waals surface area (Å²) in [5.74, 6) is 0.951. The first kappa shape index (κ1) is 23.9. The molecule has 0 amide bonds. The Balaban J connectivity index is 0.00000300. The van der Waals surface area contributed by atoms with Crippen molar-refractivity contribution in [2.45, 2.75) is 39.3 Å². The summed E-state index contributed by atoms with van der Waals surface area (Å²) in [7, 11) is -3.09. The second kappa shape index (κ2) is 11.1. The molecule has 1 aliphatic rings. The van der Waals surface area contributed by atoms with E-state index >= 15 is 0 Å². The molecule has 1 saturated heterocycles. The first-order valence-corrected chi connectivity index (χ1v) is 11.6. The number of halogens is 1. The molecule has 160 valence electrons. The third kappa shape index (κ3) is 6.29. The maximum atomic E-state index is 12.0. The third-order valence-electron chi connectivity index (χ3n) is 5.18. The molecule has 1 heterocycles. The molecular weight excluding hydrogens is 499 g/mol. The Morgan fingerprint density at radius 1 is 1.10 bits per heavy atom. The Kier molecular flexibility index (Phi) is 9.16. The van der Waals surface area contributed by atoms with Gasteiger partial charge in [-0.05, 0) is 43.0 Å². The summed E-state index contributed by atoms with van der Waals surface area (Å²) in [6.45, 7) is 6.26. The van der Waals surface area contributed by atoms with Gasteiger partial charge in [0, 0.05) is 25.7 Å². The number of nitrogens with zero attached hydrogens (tertiary/aromatic N) is 2. The topological polar surface area (TPSA) is 73.8 Å². The van der Waals surface area contributed by atoms with Gasteiger partial charge >= 0.3 is 0 Å².